The molecule has 1 saturated carbocycles. The number of amides is 1. The third-order valence-electron chi connectivity index (χ3n) is 8.75. The number of fused-ring (bicyclic) bond motifs is 1. The van der Waals surface area contributed by atoms with E-state index in [1.807, 2.05) is 13.0 Å². The number of rotatable bonds is 6. The number of halogens is 2. The Balaban J connectivity index is 1.29. The highest BCUT2D eigenvalue weighted by Gasteiger charge is 2.42. The minimum Gasteiger partial charge on any atom is -0.388 e. The maximum Gasteiger partial charge on any atom is 0.229 e. The van der Waals surface area contributed by atoms with Crippen molar-refractivity contribution in [3.63, 3.8) is 0 Å². The Labute approximate surface area is 236 Å². The summed E-state index contributed by atoms with van der Waals surface area (Å²) in [5, 5.41) is 18.6. The Morgan fingerprint density at radius 3 is 2.66 bits per heavy atom. The number of aromatic nitrogens is 4. The molecule has 4 heterocycles. The van der Waals surface area contributed by atoms with Crippen molar-refractivity contribution in [1.29, 1.82) is 0 Å². The van der Waals surface area contributed by atoms with Crippen LogP contribution in [0.15, 0.2) is 48.9 Å². The molecular weight excluding hydrogens is 528 g/mol. The number of nitrogens with one attached hydrogen (secondary N) is 1. The zero-order chi connectivity index (χ0) is 28.9. The largest absolute Gasteiger partial charge is 0.388 e. The number of carbonyl (C=O) groups is 1. The van der Waals surface area contributed by atoms with E-state index < -0.39 is 17.2 Å². The number of benzene rings is 1. The fraction of sp³-hybridized carbons (Fsp3) is 0.400. The number of likely N-dealkylation sites (tertiary alicyclic amines) is 1. The van der Waals surface area contributed by atoms with Crippen molar-refractivity contribution in [3.8, 4) is 11.3 Å². The Bertz CT molecular complexity index is 1580. The van der Waals surface area contributed by atoms with E-state index >= 15 is 8.78 Å². The lowest BCUT2D eigenvalue weighted by molar-refractivity contribution is -0.128. The van der Waals surface area contributed by atoms with Gasteiger partial charge in [-0.25, -0.2) is 13.8 Å². The average Bonchev–Trinajstić information content (AvgIpc) is 3.52. The monoisotopic (exact) mass is 561 g/mol. The second-order valence-electron chi connectivity index (χ2n) is 11.5. The molecule has 0 unspecified atom stereocenters. The van der Waals surface area contributed by atoms with Gasteiger partial charge in [-0.1, -0.05) is 6.92 Å². The summed E-state index contributed by atoms with van der Waals surface area (Å²) in [6.07, 6.45) is 7.62. The van der Waals surface area contributed by atoms with Gasteiger partial charge in [0.05, 0.1) is 40.5 Å². The van der Waals surface area contributed by atoms with Crippen molar-refractivity contribution in [2.45, 2.75) is 63.6 Å². The number of nitrogens with zero attached hydrogens (tertiary/aromatic N) is 5. The van der Waals surface area contributed by atoms with E-state index in [4.69, 9.17) is 5.73 Å². The number of hydrogen-bond acceptors (Lipinski definition) is 7. The summed E-state index contributed by atoms with van der Waals surface area (Å²) in [6.45, 7) is 4.55. The molecule has 1 aliphatic heterocycles. The van der Waals surface area contributed by atoms with Crippen molar-refractivity contribution in [3.05, 3.63) is 71.7 Å². The van der Waals surface area contributed by atoms with E-state index in [1.165, 1.54) is 16.6 Å². The predicted molar refractivity (Wildman–Crippen MR) is 150 cm³/mol. The molecule has 6 rings (SSSR count). The summed E-state index contributed by atoms with van der Waals surface area (Å²) in [7, 11) is 0. The van der Waals surface area contributed by atoms with Crippen molar-refractivity contribution in [1.82, 2.24) is 24.5 Å². The summed E-state index contributed by atoms with van der Waals surface area (Å²) in [6, 6.07) is 7.34. The lowest BCUT2D eigenvalue weighted by Crippen LogP contribution is -2.54. The van der Waals surface area contributed by atoms with Crippen LogP contribution in [0, 0.1) is 17.6 Å². The van der Waals surface area contributed by atoms with Gasteiger partial charge < -0.3 is 21.1 Å². The van der Waals surface area contributed by atoms with Crippen LogP contribution >= 0.6 is 0 Å². The molecule has 1 amide bonds. The first-order valence-electron chi connectivity index (χ1n) is 13.9. The molecule has 2 fully saturated rings. The SMILES string of the molecule is C[C@H]1C[C@@H](c2ccncc2Nc2ncc3ccc(-c4c(F)cc(CN5CCCC5=O)cc4F)nn23)C[C@@H](N)[C@]1(C)O. The van der Waals surface area contributed by atoms with E-state index in [-0.39, 0.29) is 41.6 Å². The summed E-state index contributed by atoms with van der Waals surface area (Å²) >= 11 is 0. The minimum absolute atomic E-state index is 0.000710. The van der Waals surface area contributed by atoms with Crippen LogP contribution < -0.4 is 11.1 Å². The van der Waals surface area contributed by atoms with E-state index in [0.29, 0.717) is 36.4 Å². The molecule has 0 bridgehead atoms. The maximum absolute atomic E-state index is 15.3. The molecule has 1 aromatic carbocycles. The van der Waals surface area contributed by atoms with Crippen molar-refractivity contribution >= 4 is 23.1 Å². The first-order valence-corrected chi connectivity index (χ1v) is 13.9. The smallest absolute Gasteiger partial charge is 0.229 e. The highest BCUT2D eigenvalue weighted by molar-refractivity contribution is 5.78. The Kier molecular flexibility index (Phi) is 6.95. The summed E-state index contributed by atoms with van der Waals surface area (Å²) in [5.41, 5.74) is 8.02. The molecule has 2 aliphatic rings. The molecular formula is C30H33F2N7O2. The fourth-order valence-corrected chi connectivity index (χ4v) is 6.07. The van der Waals surface area contributed by atoms with Crippen LogP contribution in [-0.2, 0) is 11.3 Å². The quantitative estimate of drug-likeness (QED) is 0.316. The van der Waals surface area contributed by atoms with Crippen LogP contribution in [0.4, 0.5) is 20.4 Å². The van der Waals surface area contributed by atoms with E-state index in [2.05, 4.69) is 20.4 Å². The highest BCUT2D eigenvalue weighted by atomic mass is 19.1. The van der Waals surface area contributed by atoms with Gasteiger partial charge in [0, 0.05) is 31.7 Å². The molecule has 4 N–H and O–H groups in total. The fourth-order valence-electron chi connectivity index (χ4n) is 6.07. The molecule has 41 heavy (non-hydrogen) atoms. The number of imidazole rings is 1. The third-order valence-corrected chi connectivity index (χ3v) is 8.75. The van der Waals surface area contributed by atoms with Crippen LogP contribution in [0.3, 0.4) is 0 Å². The number of hydrogen-bond donors (Lipinski definition) is 3. The van der Waals surface area contributed by atoms with Crippen LogP contribution in [-0.4, -0.2) is 53.7 Å². The number of pyridine rings is 1. The molecule has 4 atom stereocenters. The van der Waals surface area contributed by atoms with E-state index in [0.717, 1.165) is 24.1 Å². The van der Waals surface area contributed by atoms with Gasteiger partial charge in [-0.3, -0.25) is 9.78 Å². The zero-order valence-electron chi connectivity index (χ0n) is 23.0. The highest BCUT2D eigenvalue weighted by Crippen LogP contribution is 2.43. The molecule has 214 valence electrons. The Morgan fingerprint density at radius 2 is 1.95 bits per heavy atom. The predicted octanol–water partition coefficient (Wildman–Crippen LogP) is 4.53. The standard InChI is InChI=1S/C30H33F2N7O2/c1-17-10-19(13-26(33)30(17,2)41)21-7-8-34-15-25(21)36-29-35-14-20-5-6-24(37-39(20)29)28-22(31)11-18(12-23(28)32)16-38-9-3-4-27(38)40/h5-8,11-12,14-15,17,19,26,41H,3-4,9-10,13,16,33H2,1-2H3,(H,35,36)/t17-,19+,26+,30+/m0/s1. The maximum atomic E-state index is 15.3. The number of aliphatic hydroxyl groups is 1. The Morgan fingerprint density at radius 1 is 1.17 bits per heavy atom. The third kappa shape index (κ3) is 5.04. The molecule has 4 aromatic rings. The lowest BCUT2D eigenvalue weighted by Gasteiger charge is -2.44. The molecule has 1 saturated heterocycles. The zero-order valence-corrected chi connectivity index (χ0v) is 23.0. The van der Waals surface area contributed by atoms with Crippen LogP contribution in [0.25, 0.3) is 16.8 Å². The van der Waals surface area contributed by atoms with E-state index in [9.17, 15) is 9.90 Å². The molecule has 0 spiro atoms. The molecule has 11 heteroatoms. The van der Waals surface area contributed by atoms with Gasteiger partial charge in [-0.05, 0) is 79.5 Å². The lowest BCUT2D eigenvalue weighted by atomic mass is 9.68. The summed E-state index contributed by atoms with van der Waals surface area (Å²) < 4.78 is 32.0. The van der Waals surface area contributed by atoms with Crippen molar-refractivity contribution < 1.29 is 18.7 Å². The Hall–Kier alpha value is -3.96. The van der Waals surface area contributed by atoms with Crippen molar-refractivity contribution in [2.75, 3.05) is 11.9 Å². The topological polar surface area (TPSA) is 122 Å². The van der Waals surface area contributed by atoms with Gasteiger partial charge in [0.2, 0.25) is 11.9 Å². The molecule has 0 radical (unpaired) electrons. The first kappa shape index (κ1) is 27.2. The second-order valence-corrected chi connectivity index (χ2v) is 11.5. The van der Waals surface area contributed by atoms with Gasteiger partial charge in [0.25, 0.3) is 0 Å². The van der Waals surface area contributed by atoms with Gasteiger partial charge in [0.1, 0.15) is 11.6 Å². The van der Waals surface area contributed by atoms with Gasteiger partial charge in [-0.2, -0.15) is 9.61 Å². The van der Waals surface area contributed by atoms with Crippen LogP contribution in [0.1, 0.15) is 56.6 Å². The van der Waals surface area contributed by atoms with Crippen LogP contribution in [0.2, 0.25) is 0 Å². The molecule has 1 aliphatic carbocycles. The van der Waals surface area contributed by atoms with Gasteiger partial charge >= 0.3 is 0 Å². The number of nitrogens with two attached hydrogens (primary N) is 1. The van der Waals surface area contributed by atoms with Gasteiger partial charge in [0.15, 0.2) is 0 Å². The molecule has 9 nitrogen and oxygen atoms in total. The normalized spacial score (nSPS) is 24.8. The van der Waals surface area contributed by atoms with Crippen molar-refractivity contribution in [2.24, 2.45) is 11.7 Å². The minimum atomic E-state index is -0.939. The number of carbonyl (C=O) groups excluding carboxylic acids is 1. The van der Waals surface area contributed by atoms with Gasteiger partial charge in [-0.15, -0.1) is 0 Å². The summed E-state index contributed by atoms with van der Waals surface area (Å²) in [4.78, 5) is 22.3. The first-order chi connectivity index (χ1) is 19.6. The second kappa shape index (κ2) is 10.5. The molecule has 3 aromatic heterocycles. The summed E-state index contributed by atoms with van der Waals surface area (Å²) in [5.74, 6) is -1.05. The van der Waals surface area contributed by atoms with Crippen LogP contribution in [0.5, 0.6) is 0 Å². The average molecular weight is 562 g/mol. The van der Waals surface area contributed by atoms with E-state index in [1.54, 1.807) is 42.5 Å². The number of anilines is 2.